The number of anilines is 1. The highest BCUT2D eigenvalue weighted by Crippen LogP contribution is 2.33. The molecule has 1 amide bonds. The third kappa shape index (κ3) is 3.00. The first-order valence-electron chi connectivity index (χ1n) is 6.40. The molecule has 116 valence electrons. The van der Waals surface area contributed by atoms with Gasteiger partial charge >= 0.3 is 6.18 Å². The van der Waals surface area contributed by atoms with Crippen LogP contribution in [0.4, 0.5) is 18.9 Å². The third-order valence-corrected chi connectivity index (χ3v) is 3.71. The van der Waals surface area contributed by atoms with E-state index >= 15 is 0 Å². The smallest absolute Gasteiger partial charge is 0.313 e. The van der Waals surface area contributed by atoms with Crippen molar-refractivity contribution < 1.29 is 18.0 Å². The standard InChI is InChI=1S/C13H14F3N3O.ClH/c14-13(15,16)9-2-1-3-10(6-9)19-8-18-5-4-17-7-11(18)12(19)20;/h1-3,6,11,17H,4-5,7-8H2;1H. The van der Waals surface area contributed by atoms with Gasteiger partial charge < -0.3 is 5.32 Å². The summed E-state index contributed by atoms with van der Waals surface area (Å²) in [6.45, 7) is 2.42. The van der Waals surface area contributed by atoms with Gasteiger partial charge in [-0.25, -0.2) is 0 Å². The third-order valence-electron chi connectivity index (χ3n) is 3.71. The molecule has 2 aliphatic heterocycles. The molecular formula is C13H15ClF3N3O. The van der Waals surface area contributed by atoms with Crippen molar-refractivity contribution in [1.29, 1.82) is 0 Å². The molecule has 2 heterocycles. The molecule has 2 fully saturated rings. The van der Waals surface area contributed by atoms with E-state index in [1.54, 1.807) is 6.07 Å². The number of halogens is 4. The minimum atomic E-state index is -4.40. The average Bonchev–Trinajstić information content (AvgIpc) is 2.76. The highest BCUT2D eigenvalue weighted by Gasteiger charge is 2.40. The van der Waals surface area contributed by atoms with Gasteiger partial charge in [-0.1, -0.05) is 6.07 Å². The molecule has 1 aromatic carbocycles. The molecule has 4 nitrogen and oxygen atoms in total. The number of carbonyl (C=O) groups excluding carboxylic acids is 1. The minimum absolute atomic E-state index is 0. The van der Waals surface area contributed by atoms with Crippen LogP contribution in [0.2, 0.25) is 0 Å². The Morgan fingerprint density at radius 1 is 1.29 bits per heavy atom. The number of alkyl halides is 3. The van der Waals surface area contributed by atoms with Crippen LogP contribution in [0.15, 0.2) is 24.3 Å². The quantitative estimate of drug-likeness (QED) is 0.855. The van der Waals surface area contributed by atoms with Crippen molar-refractivity contribution in [2.75, 3.05) is 31.2 Å². The number of hydrogen-bond acceptors (Lipinski definition) is 3. The highest BCUT2D eigenvalue weighted by atomic mass is 35.5. The van der Waals surface area contributed by atoms with Crippen molar-refractivity contribution in [3.63, 3.8) is 0 Å². The van der Waals surface area contributed by atoms with E-state index in [9.17, 15) is 18.0 Å². The van der Waals surface area contributed by atoms with Gasteiger partial charge in [-0.2, -0.15) is 13.2 Å². The second-order valence-corrected chi connectivity index (χ2v) is 4.99. The Bertz CT molecular complexity index is 538. The molecule has 0 aliphatic carbocycles. The summed E-state index contributed by atoms with van der Waals surface area (Å²) in [6, 6.07) is 4.65. The summed E-state index contributed by atoms with van der Waals surface area (Å²) in [5.41, 5.74) is -0.426. The van der Waals surface area contributed by atoms with Crippen molar-refractivity contribution in [2.45, 2.75) is 12.2 Å². The molecule has 2 saturated heterocycles. The van der Waals surface area contributed by atoms with Crippen LogP contribution in [0.5, 0.6) is 0 Å². The number of amides is 1. The molecule has 0 saturated carbocycles. The van der Waals surface area contributed by atoms with Gasteiger partial charge in [0.2, 0.25) is 5.91 Å². The van der Waals surface area contributed by atoms with E-state index in [2.05, 4.69) is 5.32 Å². The molecule has 1 unspecified atom stereocenters. The van der Waals surface area contributed by atoms with E-state index < -0.39 is 11.7 Å². The van der Waals surface area contributed by atoms with Gasteiger partial charge in [0, 0.05) is 25.3 Å². The second-order valence-electron chi connectivity index (χ2n) is 4.99. The highest BCUT2D eigenvalue weighted by molar-refractivity contribution is 5.99. The lowest BCUT2D eigenvalue weighted by molar-refractivity contribution is -0.137. The molecule has 8 heteroatoms. The summed E-state index contributed by atoms with van der Waals surface area (Å²) < 4.78 is 38.2. The van der Waals surface area contributed by atoms with Gasteiger partial charge in [-0.3, -0.25) is 14.6 Å². The van der Waals surface area contributed by atoms with E-state index in [0.29, 0.717) is 18.9 Å². The lowest BCUT2D eigenvalue weighted by atomic mass is 10.1. The summed E-state index contributed by atoms with van der Waals surface area (Å²) in [5.74, 6) is -0.142. The second kappa shape index (κ2) is 5.82. The zero-order valence-corrected chi connectivity index (χ0v) is 11.9. The molecule has 0 bridgehead atoms. The summed E-state index contributed by atoms with van der Waals surface area (Å²) in [5, 5.41) is 3.13. The van der Waals surface area contributed by atoms with Crippen LogP contribution in [0.25, 0.3) is 0 Å². The fourth-order valence-electron chi connectivity index (χ4n) is 2.65. The number of carbonyl (C=O) groups is 1. The van der Waals surface area contributed by atoms with Gasteiger partial charge in [0.1, 0.15) is 6.04 Å². The number of benzene rings is 1. The van der Waals surface area contributed by atoms with E-state index in [0.717, 1.165) is 25.2 Å². The Balaban J connectivity index is 0.00000161. The van der Waals surface area contributed by atoms with E-state index in [1.165, 1.54) is 11.0 Å². The Morgan fingerprint density at radius 2 is 2.05 bits per heavy atom. The summed E-state index contributed by atoms with van der Waals surface area (Å²) in [6.07, 6.45) is -4.40. The van der Waals surface area contributed by atoms with E-state index in [-0.39, 0.29) is 24.4 Å². The SMILES string of the molecule is Cl.O=C1C2CNCCN2CN1c1cccc(C(F)(F)F)c1. The normalized spacial score (nSPS) is 22.9. The van der Waals surface area contributed by atoms with E-state index in [4.69, 9.17) is 0 Å². The molecule has 0 aromatic heterocycles. The first kappa shape index (κ1) is 16.1. The fourth-order valence-corrected chi connectivity index (χ4v) is 2.65. The fraction of sp³-hybridized carbons (Fsp3) is 0.462. The Morgan fingerprint density at radius 3 is 2.71 bits per heavy atom. The topological polar surface area (TPSA) is 35.6 Å². The first-order chi connectivity index (χ1) is 9.47. The van der Waals surface area contributed by atoms with Crippen LogP contribution >= 0.6 is 12.4 Å². The monoisotopic (exact) mass is 321 g/mol. The van der Waals surface area contributed by atoms with E-state index in [1.807, 2.05) is 4.90 Å². The molecule has 0 spiro atoms. The van der Waals surface area contributed by atoms with Crippen molar-refractivity contribution in [2.24, 2.45) is 0 Å². The molecule has 1 N–H and O–H groups in total. The summed E-state index contributed by atoms with van der Waals surface area (Å²) in [7, 11) is 0. The number of nitrogens with one attached hydrogen (secondary N) is 1. The van der Waals surface area contributed by atoms with Crippen LogP contribution in [0, 0.1) is 0 Å². The maximum Gasteiger partial charge on any atom is 0.416 e. The van der Waals surface area contributed by atoms with Crippen molar-refractivity contribution in [1.82, 2.24) is 10.2 Å². The van der Waals surface area contributed by atoms with Crippen LogP contribution in [0.3, 0.4) is 0 Å². The summed E-state index contributed by atoms with van der Waals surface area (Å²) >= 11 is 0. The summed E-state index contributed by atoms with van der Waals surface area (Å²) in [4.78, 5) is 15.7. The maximum absolute atomic E-state index is 12.7. The van der Waals surface area contributed by atoms with Crippen molar-refractivity contribution >= 4 is 24.0 Å². The largest absolute Gasteiger partial charge is 0.416 e. The van der Waals surface area contributed by atoms with Crippen LogP contribution in [0.1, 0.15) is 5.56 Å². The van der Waals surface area contributed by atoms with Gasteiger partial charge in [-0.15, -0.1) is 12.4 Å². The van der Waals surface area contributed by atoms with Gasteiger partial charge in [0.25, 0.3) is 0 Å². The number of piperazine rings is 1. The van der Waals surface area contributed by atoms with Gasteiger partial charge in [-0.05, 0) is 18.2 Å². The van der Waals surface area contributed by atoms with Gasteiger partial charge in [0.15, 0.2) is 0 Å². The lowest BCUT2D eigenvalue weighted by Crippen LogP contribution is -2.50. The minimum Gasteiger partial charge on any atom is -0.313 e. The Kier molecular flexibility index (Phi) is 4.46. The van der Waals surface area contributed by atoms with Crippen molar-refractivity contribution in [3.05, 3.63) is 29.8 Å². The zero-order chi connectivity index (χ0) is 14.3. The van der Waals surface area contributed by atoms with Crippen LogP contribution in [-0.4, -0.2) is 43.2 Å². The molecule has 2 aliphatic rings. The molecule has 1 atom stereocenters. The Hall–Kier alpha value is -1.31. The molecule has 0 radical (unpaired) electrons. The van der Waals surface area contributed by atoms with Crippen molar-refractivity contribution in [3.8, 4) is 0 Å². The number of hydrogen-bond donors (Lipinski definition) is 1. The predicted molar refractivity (Wildman–Crippen MR) is 74.4 cm³/mol. The molecule has 1 aromatic rings. The van der Waals surface area contributed by atoms with Crippen LogP contribution < -0.4 is 10.2 Å². The Labute approximate surface area is 126 Å². The van der Waals surface area contributed by atoms with Gasteiger partial charge in [0.05, 0.1) is 12.2 Å². The first-order valence-corrected chi connectivity index (χ1v) is 6.40. The number of rotatable bonds is 1. The average molecular weight is 322 g/mol. The molecule has 3 rings (SSSR count). The molecular weight excluding hydrogens is 307 g/mol. The number of nitrogens with zero attached hydrogens (tertiary/aromatic N) is 2. The molecule has 21 heavy (non-hydrogen) atoms. The number of fused-ring (bicyclic) bond motifs is 1. The zero-order valence-electron chi connectivity index (χ0n) is 11.1. The maximum atomic E-state index is 12.7. The van der Waals surface area contributed by atoms with Crippen LogP contribution in [-0.2, 0) is 11.0 Å². The lowest BCUT2D eigenvalue weighted by Gasteiger charge is -2.26. The predicted octanol–water partition coefficient (Wildman–Crippen LogP) is 1.71.